The van der Waals surface area contributed by atoms with Gasteiger partial charge in [-0.15, -0.1) is 0 Å². The lowest BCUT2D eigenvalue weighted by Crippen LogP contribution is -2.22. The smallest absolute Gasteiger partial charge is 0.313 e. The van der Waals surface area contributed by atoms with E-state index in [-0.39, 0.29) is 6.79 Å². The van der Waals surface area contributed by atoms with Crippen molar-refractivity contribution >= 4 is 5.97 Å². The highest BCUT2D eigenvalue weighted by Crippen LogP contribution is 2.55. The first-order valence-electron chi connectivity index (χ1n) is 9.79. The molecule has 0 aromatic heterocycles. The summed E-state index contributed by atoms with van der Waals surface area (Å²) in [4.78, 5) is 12.9. The minimum absolute atomic E-state index is 0.0821. The molecular formula is C22H22O9. The lowest BCUT2D eigenvalue weighted by atomic mass is 9.83. The van der Waals surface area contributed by atoms with Gasteiger partial charge in [0.05, 0.1) is 39.3 Å². The van der Waals surface area contributed by atoms with Crippen molar-refractivity contribution in [2.75, 3.05) is 28.1 Å². The molecule has 0 saturated carbocycles. The number of rotatable bonds is 5. The van der Waals surface area contributed by atoms with Crippen molar-refractivity contribution < 1.29 is 43.1 Å². The molecule has 0 bridgehead atoms. The molecule has 2 saturated heterocycles. The van der Waals surface area contributed by atoms with Crippen LogP contribution in [0, 0.1) is 11.8 Å². The predicted molar refractivity (Wildman–Crippen MR) is 104 cm³/mol. The van der Waals surface area contributed by atoms with E-state index >= 15 is 0 Å². The molecule has 9 heteroatoms. The van der Waals surface area contributed by atoms with Crippen LogP contribution >= 0.6 is 0 Å². The third-order valence-corrected chi connectivity index (χ3v) is 5.97. The van der Waals surface area contributed by atoms with Crippen molar-refractivity contribution in [2.45, 2.75) is 18.5 Å². The van der Waals surface area contributed by atoms with Gasteiger partial charge in [0.25, 0.3) is 0 Å². The summed E-state index contributed by atoms with van der Waals surface area (Å²) in [6.07, 6.45) is -2.61. The van der Waals surface area contributed by atoms with E-state index in [1.165, 1.54) is 14.2 Å². The van der Waals surface area contributed by atoms with E-state index < -0.39 is 36.3 Å². The Balaban J connectivity index is 1.49. The zero-order valence-corrected chi connectivity index (χ0v) is 17.2. The minimum atomic E-state index is -1.20. The summed E-state index contributed by atoms with van der Waals surface area (Å²) < 4.78 is 38.5. The van der Waals surface area contributed by atoms with Gasteiger partial charge in [0, 0.05) is 5.56 Å². The van der Waals surface area contributed by atoms with Gasteiger partial charge in [-0.1, -0.05) is 6.07 Å². The van der Waals surface area contributed by atoms with Crippen LogP contribution in [0.25, 0.3) is 0 Å². The fourth-order valence-electron chi connectivity index (χ4n) is 4.53. The highest BCUT2D eigenvalue weighted by atomic mass is 16.7. The van der Waals surface area contributed by atoms with E-state index in [9.17, 15) is 9.90 Å². The summed E-state index contributed by atoms with van der Waals surface area (Å²) >= 11 is 0. The standard InChI is InChI=1S/C22H22O9/c1-25-12-5-4-10(6-13(12)26-2)18-16-17(22(24)30-18)19(31-21(16)23)11-7-14(27-3)20-15(8-11)28-9-29-20/h4-8,16-19,22,24H,9H2,1-3H3/t16-,17-,18+,19+,22+/m0/s1. The molecule has 31 heavy (non-hydrogen) atoms. The van der Waals surface area contributed by atoms with Crippen LogP contribution in [0.4, 0.5) is 0 Å². The number of esters is 1. The number of hydrogen-bond acceptors (Lipinski definition) is 9. The lowest BCUT2D eigenvalue weighted by Gasteiger charge is -2.20. The molecule has 5 atom stereocenters. The van der Waals surface area contributed by atoms with Gasteiger partial charge in [-0.3, -0.25) is 4.79 Å². The Hall–Kier alpha value is -3.17. The van der Waals surface area contributed by atoms with Crippen LogP contribution in [0.3, 0.4) is 0 Å². The fraction of sp³-hybridized carbons (Fsp3) is 0.409. The van der Waals surface area contributed by atoms with Crippen LogP contribution in [0.1, 0.15) is 23.3 Å². The Kier molecular flexibility index (Phi) is 4.79. The van der Waals surface area contributed by atoms with E-state index in [4.69, 9.17) is 33.2 Å². The van der Waals surface area contributed by atoms with Crippen molar-refractivity contribution in [3.05, 3.63) is 41.5 Å². The summed E-state index contributed by atoms with van der Waals surface area (Å²) in [5.74, 6) is 0.797. The second-order valence-corrected chi connectivity index (χ2v) is 7.48. The number of cyclic esters (lactones) is 1. The van der Waals surface area contributed by atoms with Gasteiger partial charge in [0.15, 0.2) is 29.3 Å². The Morgan fingerprint density at radius 3 is 2.39 bits per heavy atom. The molecule has 9 nitrogen and oxygen atoms in total. The summed E-state index contributed by atoms with van der Waals surface area (Å²) in [6.45, 7) is 0.0821. The maximum atomic E-state index is 12.9. The Labute approximate surface area is 178 Å². The third kappa shape index (κ3) is 3.03. The molecule has 0 unspecified atom stereocenters. The quantitative estimate of drug-likeness (QED) is 0.716. The highest BCUT2D eigenvalue weighted by Gasteiger charge is 2.59. The molecule has 0 spiro atoms. The van der Waals surface area contributed by atoms with Gasteiger partial charge >= 0.3 is 5.97 Å². The van der Waals surface area contributed by atoms with Crippen molar-refractivity contribution in [2.24, 2.45) is 11.8 Å². The monoisotopic (exact) mass is 430 g/mol. The summed E-state index contributed by atoms with van der Waals surface area (Å²) in [6, 6.07) is 8.72. The summed E-state index contributed by atoms with van der Waals surface area (Å²) in [7, 11) is 4.59. The maximum Gasteiger partial charge on any atom is 0.313 e. The zero-order valence-electron chi connectivity index (χ0n) is 17.2. The van der Waals surface area contributed by atoms with E-state index in [0.717, 1.165) is 0 Å². The van der Waals surface area contributed by atoms with Crippen molar-refractivity contribution in [1.82, 2.24) is 0 Å². The van der Waals surface area contributed by atoms with Crippen LogP contribution in [-0.2, 0) is 14.3 Å². The third-order valence-electron chi connectivity index (χ3n) is 5.97. The molecule has 0 radical (unpaired) electrons. The highest BCUT2D eigenvalue weighted by molar-refractivity contribution is 5.77. The molecule has 0 aliphatic carbocycles. The lowest BCUT2D eigenvalue weighted by molar-refractivity contribution is -0.159. The number of hydrogen-bond donors (Lipinski definition) is 1. The number of aliphatic hydroxyl groups excluding tert-OH is 1. The van der Waals surface area contributed by atoms with Gasteiger partial charge in [-0.2, -0.15) is 0 Å². The normalized spacial score (nSPS) is 28.3. The van der Waals surface area contributed by atoms with Gasteiger partial charge in [0.1, 0.15) is 6.10 Å². The molecule has 164 valence electrons. The van der Waals surface area contributed by atoms with Gasteiger partial charge in [-0.05, 0) is 29.8 Å². The number of fused-ring (bicyclic) bond motifs is 2. The van der Waals surface area contributed by atoms with E-state index in [1.807, 2.05) is 0 Å². The molecule has 2 aromatic carbocycles. The number of ether oxygens (including phenoxy) is 7. The molecule has 5 rings (SSSR count). The SMILES string of the molecule is COc1ccc([C@H]2O[C@@H](O)[C@H]3[C@@H]2C(=O)O[C@@H]3c2cc(OC)c3c(c2)OCO3)cc1OC. The molecule has 1 N–H and O–H groups in total. The number of methoxy groups -OCH3 is 3. The van der Waals surface area contributed by atoms with Crippen molar-refractivity contribution in [1.29, 1.82) is 0 Å². The zero-order chi connectivity index (χ0) is 21.7. The van der Waals surface area contributed by atoms with Crippen LogP contribution in [0.2, 0.25) is 0 Å². The van der Waals surface area contributed by atoms with Crippen LogP contribution in [0.15, 0.2) is 30.3 Å². The fourth-order valence-corrected chi connectivity index (χ4v) is 4.53. The Morgan fingerprint density at radius 2 is 1.65 bits per heavy atom. The van der Waals surface area contributed by atoms with Gasteiger partial charge in [-0.25, -0.2) is 0 Å². The Morgan fingerprint density at radius 1 is 0.903 bits per heavy atom. The molecule has 3 aliphatic rings. The van der Waals surface area contributed by atoms with Gasteiger partial charge < -0.3 is 38.3 Å². The average molecular weight is 430 g/mol. The van der Waals surface area contributed by atoms with Crippen LogP contribution in [-0.4, -0.2) is 45.5 Å². The molecule has 3 aliphatic heterocycles. The first-order chi connectivity index (χ1) is 15.0. The van der Waals surface area contributed by atoms with E-state index in [0.29, 0.717) is 39.9 Å². The van der Waals surface area contributed by atoms with Crippen molar-refractivity contribution in [3.8, 4) is 28.7 Å². The second kappa shape index (κ2) is 7.51. The second-order valence-electron chi connectivity index (χ2n) is 7.48. The number of benzene rings is 2. The largest absolute Gasteiger partial charge is 0.493 e. The van der Waals surface area contributed by atoms with Gasteiger partial charge in [0.2, 0.25) is 12.5 Å². The molecule has 2 aromatic rings. The van der Waals surface area contributed by atoms with E-state index in [2.05, 4.69) is 0 Å². The van der Waals surface area contributed by atoms with Crippen LogP contribution in [0.5, 0.6) is 28.7 Å². The molecule has 0 amide bonds. The van der Waals surface area contributed by atoms with Crippen molar-refractivity contribution in [3.63, 3.8) is 0 Å². The summed E-state index contributed by atoms with van der Waals surface area (Å²) in [5, 5.41) is 10.7. The predicted octanol–water partition coefficient (Wildman–Crippen LogP) is 2.36. The topological polar surface area (TPSA) is 102 Å². The minimum Gasteiger partial charge on any atom is -0.493 e. The Bertz CT molecular complexity index is 1020. The average Bonchev–Trinajstić information content (AvgIpc) is 3.49. The number of aliphatic hydroxyl groups is 1. The summed E-state index contributed by atoms with van der Waals surface area (Å²) in [5.41, 5.74) is 1.32. The maximum absolute atomic E-state index is 12.9. The van der Waals surface area contributed by atoms with Crippen LogP contribution < -0.4 is 23.7 Å². The number of carbonyl (C=O) groups excluding carboxylic acids is 1. The van der Waals surface area contributed by atoms with E-state index in [1.54, 1.807) is 37.4 Å². The molecule has 3 heterocycles. The number of carbonyl (C=O) groups is 1. The first kappa shape index (κ1) is 19.8. The molecule has 2 fully saturated rings. The first-order valence-corrected chi connectivity index (χ1v) is 9.79. The molecular weight excluding hydrogens is 408 g/mol.